The lowest BCUT2D eigenvalue weighted by Gasteiger charge is -2.24. The number of urea groups is 1. The maximum absolute atomic E-state index is 13.3. The van der Waals surface area contributed by atoms with Crippen LogP contribution in [0.4, 0.5) is 10.5 Å². The molecular weight excluding hydrogens is 440 g/mol. The smallest absolute Gasteiger partial charge is 0.322 e. The monoisotopic (exact) mass is 462 g/mol. The highest BCUT2D eigenvalue weighted by molar-refractivity contribution is 6.30. The zero-order valence-corrected chi connectivity index (χ0v) is 18.9. The highest BCUT2D eigenvalue weighted by atomic mass is 35.5. The van der Waals surface area contributed by atoms with Gasteiger partial charge in [-0.2, -0.15) is 5.10 Å². The van der Waals surface area contributed by atoms with Gasteiger partial charge in [0.1, 0.15) is 23.5 Å². The fourth-order valence-corrected chi connectivity index (χ4v) is 4.31. The molecule has 33 heavy (non-hydrogen) atoms. The van der Waals surface area contributed by atoms with Crippen molar-refractivity contribution in [2.24, 2.45) is 0 Å². The van der Waals surface area contributed by atoms with Gasteiger partial charge < -0.3 is 14.7 Å². The van der Waals surface area contributed by atoms with Crippen LogP contribution in [0.1, 0.15) is 36.0 Å². The van der Waals surface area contributed by atoms with Gasteiger partial charge in [-0.05, 0) is 37.5 Å². The predicted molar refractivity (Wildman–Crippen MR) is 125 cm³/mol. The lowest BCUT2D eigenvalue weighted by Crippen LogP contribution is -2.35. The summed E-state index contributed by atoms with van der Waals surface area (Å²) in [6, 6.07) is 16.9. The van der Waals surface area contributed by atoms with E-state index in [-0.39, 0.29) is 12.1 Å². The molecule has 9 heteroatoms. The van der Waals surface area contributed by atoms with Crippen LogP contribution >= 0.6 is 11.6 Å². The van der Waals surface area contributed by atoms with E-state index in [0.29, 0.717) is 35.3 Å². The minimum atomic E-state index is -0.206. The number of halogens is 1. The van der Waals surface area contributed by atoms with Crippen LogP contribution < -0.4 is 5.32 Å². The molecule has 1 atom stereocenters. The van der Waals surface area contributed by atoms with Gasteiger partial charge in [-0.3, -0.25) is 0 Å². The van der Waals surface area contributed by atoms with Crippen LogP contribution in [-0.2, 0) is 6.54 Å². The van der Waals surface area contributed by atoms with Crippen molar-refractivity contribution in [2.75, 3.05) is 11.9 Å². The number of aromatic nitrogens is 4. The number of hydrogen-bond donors (Lipinski definition) is 1. The van der Waals surface area contributed by atoms with Crippen molar-refractivity contribution in [3.05, 3.63) is 83.1 Å². The molecule has 4 aromatic rings. The van der Waals surface area contributed by atoms with E-state index in [1.54, 1.807) is 6.92 Å². The lowest BCUT2D eigenvalue weighted by atomic mass is 10.1. The third-order valence-corrected chi connectivity index (χ3v) is 6.10. The molecule has 8 nitrogen and oxygen atoms in total. The number of carbonyl (C=O) groups excluding carboxylic acids is 1. The topological polar surface area (TPSA) is 89.1 Å². The largest absolute Gasteiger partial charge is 0.359 e. The number of anilines is 1. The van der Waals surface area contributed by atoms with Gasteiger partial charge >= 0.3 is 6.03 Å². The SMILES string of the molecule is Cc1onc(-c2ccccc2)c1NC(=O)N1CCC[C@@H]1c1ncnn1Cc1ccc(Cl)cc1. The zero-order chi connectivity index (χ0) is 22.8. The molecule has 1 saturated heterocycles. The van der Waals surface area contributed by atoms with Crippen molar-refractivity contribution in [1.29, 1.82) is 0 Å². The maximum Gasteiger partial charge on any atom is 0.322 e. The molecule has 1 N–H and O–H groups in total. The first-order valence-electron chi connectivity index (χ1n) is 10.8. The molecule has 0 aliphatic carbocycles. The Morgan fingerprint density at radius 2 is 1.97 bits per heavy atom. The molecule has 168 valence electrons. The van der Waals surface area contributed by atoms with E-state index >= 15 is 0 Å². The van der Waals surface area contributed by atoms with Gasteiger partial charge in [-0.25, -0.2) is 14.5 Å². The van der Waals surface area contributed by atoms with Crippen molar-refractivity contribution in [1.82, 2.24) is 24.8 Å². The van der Waals surface area contributed by atoms with Crippen molar-refractivity contribution in [2.45, 2.75) is 32.4 Å². The van der Waals surface area contributed by atoms with Gasteiger partial charge in [-0.15, -0.1) is 0 Å². The van der Waals surface area contributed by atoms with Gasteiger partial charge in [-0.1, -0.05) is 59.2 Å². The minimum Gasteiger partial charge on any atom is -0.359 e. The molecule has 3 heterocycles. The number of nitrogens with one attached hydrogen (secondary N) is 1. The summed E-state index contributed by atoms with van der Waals surface area (Å²) in [6.45, 7) is 2.98. The second-order valence-electron chi connectivity index (χ2n) is 8.01. The number of likely N-dealkylation sites (tertiary alicyclic amines) is 1. The highest BCUT2D eigenvalue weighted by Crippen LogP contribution is 2.34. The average Bonchev–Trinajstić information content (AvgIpc) is 3.56. The molecule has 0 radical (unpaired) electrons. The van der Waals surface area contributed by atoms with Crippen LogP contribution in [0.2, 0.25) is 5.02 Å². The number of rotatable bonds is 5. The van der Waals surface area contributed by atoms with Gasteiger partial charge in [0, 0.05) is 17.1 Å². The third-order valence-electron chi connectivity index (χ3n) is 5.84. The first-order chi connectivity index (χ1) is 16.1. The van der Waals surface area contributed by atoms with E-state index in [1.165, 1.54) is 6.33 Å². The molecule has 0 unspecified atom stereocenters. The summed E-state index contributed by atoms with van der Waals surface area (Å²) in [5.41, 5.74) is 3.14. The first-order valence-corrected chi connectivity index (χ1v) is 11.2. The quantitative estimate of drug-likeness (QED) is 0.434. The molecule has 0 bridgehead atoms. The fourth-order valence-electron chi connectivity index (χ4n) is 4.19. The second-order valence-corrected chi connectivity index (χ2v) is 8.45. The van der Waals surface area contributed by atoms with Crippen LogP contribution in [0, 0.1) is 6.92 Å². The summed E-state index contributed by atoms with van der Waals surface area (Å²) in [6.07, 6.45) is 3.25. The van der Waals surface area contributed by atoms with Gasteiger partial charge in [0.15, 0.2) is 5.76 Å². The van der Waals surface area contributed by atoms with E-state index in [9.17, 15) is 4.79 Å². The summed E-state index contributed by atoms with van der Waals surface area (Å²) in [7, 11) is 0. The molecule has 0 spiro atoms. The van der Waals surface area contributed by atoms with E-state index in [2.05, 4.69) is 20.6 Å². The molecule has 1 aliphatic heterocycles. The number of benzene rings is 2. The minimum absolute atomic E-state index is 0.167. The number of nitrogens with zero attached hydrogens (tertiary/aromatic N) is 5. The molecule has 2 aromatic carbocycles. The molecular formula is C24H23ClN6O2. The Labute approximate surface area is 196 Å². The van der Waals surface area contributed by atoms with Crippen LogP contribution in [0.3, 0.4) is 0 Å². The standard InChI is InChI=1S/C24H23ClN6O2/c1-16-21(22(29-33-16)18-6-3-2-4-7-18)28-24(32)30-13-5-8-20(30)23-26-15-27-31(23)14-17-9-11-19(25)12-10-17/h2-4,6-7,9-12,15,20H,5,8,13-14H2,1H3,(H,28,32)/t20-/m1/s1. The molecule has 0 saturated carbocycles. The highest BCUT2D eigenvalue weighted by Gasteiger charge is 2.34. The predicted octanol–water partition coefficient (Wildman–Crippen LogP) is 5.31. The van der Waals surface area contributed by atoms with Gasteiger partial charge in [0.2, 0.25) is 0 Å². The number of amides is 2. The van der Waals surface area contributed by atoms with Crippen molar-refractivity contribution >= 4 is 23.3 Å². The molecule has 5 rings (SSSR count). The number of aryl methyl sites for hydroxylation is 1. The maximum atomic E-state index is 13.3. The third kappa shape index (κ3) is 4.34. The Morgan fingerprint density at radius 3 is 2.76 bits per heavy atom. The Balaban J connectivity index is 1.36. The summed E-state index contributed by atoms with van der Waals surface area (Å²) in [5, 5.41) is 12.3. The van der Waals surface area contributed by atoms with Crippen LogP contribution in [0.15, 0.2) is 65.4 Å². The van der Waals surface area contributed by atoms with Crippen molar-refractivity contribution in [3.8, 4) is 11.3 Å². The fraction of sp³-hybridized carbons (Fsp3) is 0.250. The zero-order valence-electron chi connectivity index (χ0n) is 18.1. The summed E-state index contributed by atoms with van der Waals surface area (Å²) in [5.74, 6) is 1.33. The van der Waals surface area contributed by atoms with E-state index in [1.807, 2.05) is 64.2 Å². The average molecular weight is 463 g/mol. The van der Waals surface area contributed by atoms with Gasteiger partial charge in [0.25, 0.3) is 0 Å². The lowest BCUT2D eigenvalue weighted by molar-refractivity contribution is 0.203. The Hall–Kier alpha value is -3.65. The first kappa shape index (κ1) is 21.2. The van der Waals surface area contributed by atoms with Crippen LogP contribution in [0.5, 0.6) is 0 Å². The Morgan fingerprint density at radius 1 is 1.18 bits per heavy atom. The van der Waals surface area contributed by atoms with E-state index < -0.39 is 0 Å². The normalized spacial score (nSPS) is 15.7. The van der Waals surface area contributed by atoms with E-state index in [4.69, 9.17) is 16.1 Å². The molecule has 1 fully saturated rings. The van der Waals surface area contributed by atoms with Gasteiger partial charge in [0.05, 0.1) is 12.6 Å². The van der Waals surface area contributed by atoms with Crippen LogP contribution in [-0.4, -0.2) is 37.4 Å². The van der Waals surface area contributed by atoms with E-state index in [0.717, 1.165) is 29.8 Å². The summed E-state index contributed by atoms with van der Waals surface area (Å²) >= 11 is 6.00. The molecule has 2 amide bonds. The number of carbonyl (C=O) groups is 1. The van der Waals surface area contributed by atoms with Crippen LogP contribution in [0.25, 0.3) is 11.3 Å². The number of hydrogen-bond acceptors (Lipinski definition) is 5. The second kappa shape index (κ2) is 9.07. The summed E-state index contributed by atoms with van der Waals surface area (Å²) in [4.78, 5) is 19.6. The van der Waals surface area contributed by atoms with Crippen molar-refractivity contribution in [3.63, 3.8) is 0 Å². The van der Waals surface area contributed by atoms with Crippen molar-refractivity contribution < 1.29 is 9.32 Å². The molecule has 2 aromatic heterocycles. The Kier molecular flexibility index (Phi) is 5.83. The summed E-state index contributed by atoms with van der Waals surface area (Å²) < 4.78 is 7.23. The Bertz CT molecular complexity index is 1250. The molecule has 1 aliphatic rings.